The van der Waals surface area contributed by atoms with Crippen LogP contribution in [0.5, 0.6) is 0 Å². The summed E-state index contributed by atoms with van der Waals surface area (Å²) in [6.45, 7) is 2.68. The summed E-state index contributed by atoms with van der Waals surface area (Å²) >= 11 is 0. The molecule has 0 aromatic carbocycles. The highest BCUT2D eigenvalue weighted by Crippen LogP contribution is 2.16. The van der Waals surface area contributed by atoms with E-state index in [1.807, 2.05) is 6.92 Å². The molecule has 0 aliphatic carbocycles. The molecule has 0 bridgehead atoms. The Hall–Kier alpha value is -1.45. The van der Waals surface area contributed by atoms with Crippen LogP contribution in [0.3, 0.4) is 0 Å². The van der Waals surface area contributed by atoms with Crippen LogP contribution in [0.4, 0.5) is 0 Å². The minimum Gasteiger partial charge on any atom is -0.340 e. The first-order valence-electron chi connectivity index (χ1n) is 4.26. The first kappa shape index (κ1) is 8.16. The Morgan fingerprint density at radius 2 is 2.23 bits per heavy atom. The summed E-state index contributed by atoms with van der Waals surface area (Å²) in [6, 6.07) is 0. The van der Waals surface area contributed by atoms with E-state index in [0.717, 1.165) is 24.2 Å². The second-order valence-electron chi connectivity index (χ2n) is 3.26. The molecule has 1 amide bonds. The zero-order valence-electron chi connectivity index (χ0n) is 7.74. The molecule has 0 atom stereocenters. The van der Waals surface area contributed by atoms with Gasteiger partial charge in [0.2, 0.25) is 0 Å². The zero-order chi connectivity index (χ0) is 9.42. The lowest BCUT2D eigenvalue weighted by molar-refractivity contribution is 0.0773. The smallest absolute Gasteiger partial charge is 0.272 e. The van der Waals surface area contributed by atoms with Crippen LogP contribution in [0.1, 0.15) is 21.7 Å². The second-order valence-corrected chi connectivity index (χ2v) is 3.26. The average Bonchev–Trinajstić information content (AvgIpc) is 2.12. The normalized spacial score (nSPS) is 15.8. The molecule has 0 saturated heterocycles. The van der Waals surface area contributed by atoms with Crippen molar-refractivity contribution in [1.29, 1.82) is 0 Å². The molecule has 1 aromatic rings. The summed E-state index contributed by atoms with van der Waals surface area (Å²) in [6.07, 6.45) is 2.31. The highest BCUT2D eigenvalue weighted by Gasteiger charge is 2.24. The maximum absolute atomic E-state index is 11.6. The monoisotopic (exact) mass is 177 g/mol. The fourth-order valence-corrected chi connectivity index (χ4v) is 1.55. The molecular formula is C9H11N3O. The number of rotatable bonds is 0. The molecule has 0 saturated carbocycles. The van der Waals surface area contributed by atoms with Crippen molar-refractivity contribution < 1.29 is 4.79 Å². The number of aromatic nitrogens is 2. The number of hydrogen-bond acceptors (Lipinski definition) is 3. The van der Waals surface area contributed by atoms with Crippen molar-refractivity contribution in [2.24, 2.45) is 0 Å². The number of hydrogen-bond donors (Lipinski definition) is 0. The second kappa shape index (κ2) is 2.80. The van der Waals surface area contributed by atoms with E-state index >= 15 is 0 Å². The fraction of sp³-hybridized carbons (Fsp3) is 0.444. The van der Waals surface area contributed by atoms with Crippen molar-refractivity contribution in [3.8, 4) is 0 Å². The Balaban J connectivity index is 2.55. The van der Waals surface area contributed by atoms with E-state index in [4.69, 9.17) is 0 Å². The summed E-state index contributed by atoms with van der Waals surface area (Å²) in [7, 11) is 1.79. The lowest BCUT2D eigenvalue weighted by Crippen LogP contribution is -2.35. The largest absolute Gasteiger partial charge is 0.340 e. The predicted octanol–water partition coefficient (Wildman–Crippen LogP) is 0.413. The van der Waals surface area contributed by atoms with Crippen molar-refractivity contribution in [3.05, 3.63) is 23.3 Å². The van der Waals surface area contributed by atoms with Crippen LogP contribution in [-0.4, -0.2) is 34.4 Å². The first-order chi connectivity index (χ1) is 6.20. The van der Waals surface area contributed by atoms with E-state index in [1.54, 1.807) is 11.9 Å². The molecule has 13 heavy (non-hydrogen) atoms. The molecule has 2 rings (SSSR count). The molecule has 2 heterocycles. The van der Waals surface area contributed by atoms with Crippen LogP contribution in [0, 0.1) is 6.92 Å². The molecular weight excluding hydrogens is 166 g/mol. The van der Waals surface area contributed by atoms with E-state index in [1.165, 1.54) is 6.33 Å². The van der Waals surface area contributed by atoms with E-state index in [0.29, 0.717) is 5.69 Å². The van der Waals surface area contributed by atoms with E-state index in [2.05, 4.69) is 9.97 Å². The highest BCUT2D eigenvalue weighted by molar-refractivity contribution is 5.94. The molecule has 68 valence electrons. The van der Waals surface area contributed by atoms with Gasteiger partial charge >= 0.3 is 0 Å². The highest BCUT2D eigenvalue weighted by atomic mass is 16.2. The number of aryl methyl sites for hydroxylation is 1. The third-order valence-electron chi connectivity index (χ3n) is 2.41. The number of fused-ring (bicyclic) bond motifs is 1. The van der Waals surface area contributed by atoms with Gasteiger partial charge in [-0.2, -0.15) is 0 Å². The average molecular weight is 177 g/mol. The van der Waals surface area contributed by atoms with Crippen molar-refractivity contribution in [2.75, 3.05) is 13.6 Å². The topological polar surface area (TPSA) is 46.1 Å². The zero-order valence-corrected chi connectivity index (χ0v) is 7.74. The number of carbonyl (C=O) groups excluding carboxylic acids is 1. The summed E-state index contributed by atoms with van der Waals surface area (Å²) < 4.78 is 0. The van der Waals surface area contributed by atoms with Gasteiger partial charge < -0.3 is 4.90 Å². The van der Waals surface area contributed by atoms with Gasteiger partial charge in [-0.05, 0) is 13.3 Å². The third kappa shape index (κ3) is 1.18. The predicted molar refractivity (Wildman–Crippen MR) is 47.4 cm³/mol. The molecule has 1 aliphatic heterocycles. The Bertz CT molecular complexity index is 362. The summed E-state index contributed by atoms with van der Waals surface area (Å²) in [5, 5.41) is 0. The Labute approximate surface area is 76.6 Å². The first-order valence-corrected chi connectivity index (χ1v) is 4.26. The summed E-state index contributed by atoms with van der Waals surface area (Å²) in [5.74, 6) is 0.00625. The molecule has 4 heteroatoms. The fourth-order valence-electron chi connectivity index (χ4n) is 1.55. The molecule has 0 spiro atoms. The molecule has 0 N–H and O–H groups in total. The van der Waals surface area contributed by atoms with E-state index in [9.17, 15) is 4.79 Å². The summed E-state index contributed by atoms with van der Waals surface area (Å²) in [5.41, 5.74) is 2.50. The van der Waals surface area contributed by atoms with Crippen LogP contribution in [0.2, 0.25) is 0 Å². The van der Waals surface area contributed by atoms with Gasteiger partial charge in [-0.1, -0.05) is 0 Å². The quantitative estimate of drug-likeness (QED) is 0.576. The minimum absolute atomic E-state index is 0.00625. The molecule has 0 radical (unpaired) electrons. The van der Waals surface area contributed by atoms with Crippen LogP contribution < -0.4 is 0 Å². The van der Waals surface area contributed by atoms with E-state index < -0.39 is 0 Å². The van der Waals surface area contributed by atoms with Crippen LogP contribution in [-0.2, 0) is 6.42 Å². The Morgan fingerprint density at radius 1 is 1.46 bits per heavy atom. The van der Waals surface area contributed by atoms with Gasteiger partial charge in [-0.25, -0.2) is 9.97 Å². The van der Waals surface area contributed by atoms with Gasteiger partial charge in [0.1, 0.15) is 12.0 Å². The summed E-state index contributed by atoms with van der Waals surface area (Å²) in [4.78, 5) is 21.4. The van der Waals surface area contributed by atoms with Crippen molar-refractivity contribution in [3.63, 3.8) is 0 Å². The number of carbonyl (C=O) groups is 1. The maximum atomic E-state index is 11.6. The molecule has 1 aliphatic rings. The minimum atomic E-state index is 0.00625. The standard InChI is InChI=1S/C9H11N3O/c1-6-7-3-4-12(2)9(13)8(7)11-5-10-6/h5H,3-4H2,1-2H3. The molecule has 4 nitrogen and oxygen atoms in total. The van der Waals surface area contributed by atoms with Crippen molar-refractivity contribution in [1.82, 2.24) is 14.9 Å². The van der Waals surface area contributed by atoms with E-state index in [-0.39, 0.29) is 5.91 Å². The number of amides is 1. The number of nitrogens with zero attached hydrogens (tertiary/aromatic N) is 3. The lowest BCUT2D eigenvalue weighted by atomic mass is 10.0. The third-order valence-corrected chi connectivity index (χ3v) is 2.41. The van der Waals surface area contributed by atoms with Gasteiger partial charge in [0, 0.05) is 24.8 Å². The number of likely N-dealkylation sites (N-methyl/N-ethyl adjacent to an activating group) is 1. The van der Waals surface area contributed by atoms with Gasteiger partial charge in [0.15, 0.2) is 0 Å². The molecule has 0 fully saturated rings. The molecule has 1 aromatic heterocycles. The van der Waals surface area contributed by atoms with Crippen LogP contribution in [0.15, 0.2) is 6.33 Å². The SMILES string of the molecule is Cc1ncnc2c1CCN(C)C2=O. The van der Waals surface area contributed by atoms with Gasteiger partial charge in [-0.3, -0.25) is 4.79 Å². The Morgan fingerprint density at radius 3 is 3.00 bits per heavy atom. The van der Waals surface area contributed by atoms with Crippen molar-refractivity contribution >= 4 is 5.91 Å². The van der Waals surface area contributed by atoms with Gasteiger partial charge in [0.05, 0.1) is 0 Å². The van der Waals surface area contributed by atoms with Crippen molar-refractivity contribution in [2.45, 2.75) is 13.3 Å². The maximum Gasteiger partial charge on any atom is 0.272 e. The molecule has 0 unspecified atom stereocenters. The lowest BCUT2D eigenvalue weighted by Gasteiger charge is -2.24. The van der Waals surface area contributed by atoms with Crippen LogP contribution in [0.25, 0.3) is 0 Å². The van der Waals surface area contributed by atoms with Gasteiger partial charge in [-0.15, -0.1) is 0 Å². The Kier molecular flexibility index (Phi) is 1.76. The van der Waals surface area contributed by atoms with Crippen LogP contribution >= 0.6 is 0 Å². The van der Waals surface area contributed by atoms with Gasteiger partial charge in [0.25, 0.3) is 5.91 Å².